The standard InChI is InChI=1S/C10H8O5/c11-6-15-9-5-7(1-3-8(9)12)2-4-10(13)14/h1-6,12H,(H,13,14)/b4-2+. The van der Waals surface area contributed by atoms with E-state index in [1.54, 1.807) is 0 Å². The first-order valence-corrected chi connectivity index (χ1v) is 3.98. The molecule has 2 N–H and O–H groups in total. The third-order valence-corrected chi connectivity index (χ3v) is 1.58. The number of rotatable bonds is 4. The molecule has 0 atom stereocenters. The largest absolute Gasteiger partial charge is 0.504 e. The van der Waals surface area contributed by atoms with Crippen LogP contribution in [0, 0.1) is 0 Å². The minimum Gasteiger partial charge on any atom is -0.504 e. The predicted octanol–water partition coefficient (Wildman–Crippen LogP) is 1.03. The van der Waals surface area contributed by atoms with E-state index in [0.29, 0.717) is 5.56 Å². The quantitative estimate of drug-likeness (QED) is 0.570. The monoisotopic (exact) mass is 208 g/mol. The van der Waals surface area contributed by atoms with Gasteiger partial charge in [-0.2, -0.15) is 0 Å². The Hall–Kier alpha value is -2.30. The lowest BCUT2D eigenvalue weighted by atomic mass is 10.2. The van der Waals surface area contributed by atoms with Crippen molar-refractivity contribution in [2.45, 2.75) is 0 Å². The molecule has 15 heavy (non-hydrogen) atoms. The van der Waals surface area contributed by atoms with E-state index in [4.69, 9.17) is 5.11 Å². The summed E-state index contributed by atoms with van der Waals surface area (Å²) >= 11 is 0. The summed E-state index contributed by atoms with van der Waals surface area (Å²) in [5.41, 5.74) is 0.507. The number of phenolic OH excluding ortho intramolecular Hbond substituents is 1. The van der Waals surface area contributed by atoms with Gasteiger partial charge < -0.3 is 14.9 Å². The van der Waals surface area contributed by atoms with Crippen LogP contribution in [0.15, 0.2) is 24.3 Å². The van der Waals surface area contributed by atoms with Crippen LogP contribution in [0.5, 0.6) is 11.5 Å². The number of aliphatic carboxylic acids is 1. The van der Waals surface area contributed by atoms with Crippen LogP contribution < -0.4 is 4.74 Å². The van der Waals surface area contributed by atoms with Gasteiger partial charge in [0.25, 0.3) is 6.47 Å². The summed E-state index contributed by atoms with van der Waals surface area (Å²) in [7, 11) is 0. The summed E-state index contributed by atoms with van der Waals surface area (Å²) in [5, 5.41) is 17.6. The summed E-state index contributed by atoms with van der Waals surface area (Å²) in [4.78, 5) is 20.3. The van der Waals surface area contributed by atoms with Crippen LogP contribution in [0.1, 0.15) is 5.56 Å². The molecule has 0 aliphatic carbocycles. The van der Waals surface area contributed by atoms with Crippen LogP contribution >= 0.6 is 0 Å². The Morgan fingerprint density at radius 3 is 2.73 bits per heavy atom. The summed E-state index contributed by atoms with van der Waals surface area (Å²) in [6, 6.07) is 4.15. The zero-order valence-corrected chi connectivity index (χ0v) is 7.58. The highest BCUT2D eigenvalue weighted by atomic mass is 16.5. The van der Waals surface area contributed by atoms with Gasteiger partial charge in [-0.05, 0) is 23.8 Å². The van der Waals surface area contributed by atoms with E-state index in [-0.39, 0.29) is 18.0 Å². The summed E-state index contributed by atoms with van der Waals surface area (Å²) in [6.07, 6.45) is 2.26. The molecule has 0 aromatic heterocycles. The van der Waals surface area contributed by atoms with Crippen molar-refractivity contribution in [2.24, 2.45) is 0 Å². The molecule has 5 nitrogen and oxygen atoms in total. The fraction of sp³-hybridized carbons (Fsp3) is 0. The molecule has 1 aromatic carbocycles. The summed E-state index contributed by atoms with van der Waals surface area (Å²) in [5.74, 6) is -1.28. The Morgan fingerprint density at radius 1 is 1.40 bits per heavy atom. The van der Waals surface area contributed by atoms with Gasteiger partial charge in [-0.1, -0.05) is 6.07 Å². The van der Waals surface area contributed by atoms with Gasteiger partial charge in [0.15, 0.2) is 11.5 Å². The van der Waals surface area contributed by atoms with E-state index in [2.05, 4.69) is 4.74 Å². The number of carboxylic acids is 1. The van der Waals surface area contributed by atoms with Gasteiger partial charge in [-0.25, -0.2) is 4.79 Å². The van der Waals surface area contributed by atoms with Crippen LogP contribution in [0.2, 0.25) is 0 Å². The van der Waals surface area contributed by atoms with Gasteiger partial charge in [0, 0.05) is 6.08 Å². The van der Waals surface area contributed by atoms with Gasteiger partial charge in [0.2, 0.25) is 0 Å². The molecule has 0 bridgehead atoms. The molecule has 0 heterocycles. The van der Waals surface area contributed by atoms with Crippen molar-refractivity contribution in [3.05, 3.63) is 29.8 Å². The zero-order chi connectivity index (χ0) is 11.3. The van der Waals surface area contributed by atoms with Crippen LogP contribution in [-0.4, -0.2) is 22.7 Å². The Bertz CT molecular complexity index is 408. The van der Waals surface area contributed by atoms with E-state index in [0.717, 1.165) is 6.08 Å². The Kier molecular flexibility index (Phi) is 3.45. The number of carbonyl (C=O) groups is 2. The maximum Gasteiger partial charge on any atom is 0.328 e. The number of phenols is 1. The molecule has 0 fully saturated rings. The first-order chi connectivity index (χ1) is 7.13. The smallest absolute Gasteiger partial charge is 0.328 e. The number of hydrogen-bond acceptors (Lipinski definition) is 4. The second-order valence-electron chi connectivity index (χ2n) is 2.61. The lowest BCUT2D eigenvalue weighted by molar-refractivity contribution is -0.131. The number of carboxylic acid groups (broad SMARTS) is 1. The van der Waals surface area contributed by atoms with Crippen molar-refractivity contribution in [3.8, 4) is 11.5 Å². The van der Waals surface area contributed by atoms with Crippen molar-refractivity contribution in [1.29, 1.82) is 0 Å². The molecule has 0 spiro atoms. The normalized spacial score (nSPS) is 10.1. The Balaban J connectivity index is 2.96. The van der Waals surface area contributed by atoms with Gasteiger partial charge in [0.1, 0.15) is 0 Å². The fourth-order valence-corrected chi connectivity index (χ4v) is 0.948. The first kappa shape index (κ1) is 10.8. The third kappa shape index (κ3) is 3.15. The molecule has 0 amide bonds. The molecule has 0 unspecified atom stereocenters. The first-order valence-electron chi connectivity index (χ1n) is 3.98. The highest BCUT2D eigenvalue weighted by Crippen LogP contribution is 2.26. The Morgan fingerprint density at radius 2 is 2.13 bits per heavy atom. The molecular formula is C10H8O5. The van der Waals surface area contributed by atoms with Gasteiger partial charge >= 0.3 is 5.97 Å². The molecule has 0 radical (unpaired) electrons. The van der Waals surface area contributed by atoms with Crippen molar-refractivity contribution < 1.29 is 24.5 Å². The average molecular weight is 208 g/mol. The molecule has 5 heteroatoms. The zero-order valence-electron chi connectivity index (χ0n) is 7.58. The predicted molar refractivity (Wildman–Crippen MR) is 51.5 cm³/mol. The van der Waals surface area contributed by atoms with E-state index < -0.39 is 5.97 Å². The highest BCUT2D eigenvalue weighted by molar-refractivity contribution is 5.85. The average Bonchev–Trinajstić information content (AvgIpc) is 2.19. The highest BCUT2D eigenvalue weighted by Gasteiger charge is 2.02. The number of benzene rings is 1. The SMILES string of the molecule is O=COc1cc(/C=C/C(=O)O)ccc1O. The van der Waals surface area contributed by atoms with Crippen LogP contribution in [0.25, 0.3) is 6.08 Å². The topological polar surface area (TPSA) is 83.8 Å². The lowest BCUT2D eigenvalue weighted by Gasteiger charge is -2.01. The van der Waals surface area contributed by atoms with Crippen molar-refractivity contribution in [3.63, 3.8) is 0 Å². The van der Waals surface area contributed by atoms with E-state index in [9.17, 15) is 14.7 Å². The third-order valence-electron chi connectivity index (χ3n) is 1.58. The molecule has 0 saturated carbocycles. The number of carbonyl (C=O) groups excluding carboxylic acids is 1. The van der Waals surface area contributed by atoms with Gasteiger partial charge in [-0.3, -0.25) is 4.79 Å². The van der Waals surface area contributed by atoms with Gasteiger partial charge in [0.05, 0.1) is 0 Å². The number of aromatic hydroxyl groups is 1. The van der Waals surface area contributed by atoms with E-state index in [1.807, 2.05) is 0 Å². The maximum atomic E-state index is 10.2. The van der Waals surface area contributed by atoms with Crippen LogP contribution in [-0.2, 0) is 9.59 Å². The Labute approximate surface area is 85.2 Å². The molecular weight excluding hydrogens is 200 g/mol. The molecule has 0 aliphatic rings. The maximum absolute atomic E-state index is 10.2. The van der Waals surface area contributed by atoms with E-state index in [1.165, 1.54) is 24.3 Å². The van der Waals surface area contributed by atoms with Crippen LogP contribution in [0.4, 0.5) is 0 Å². The van der Waals surface area contributed by atoms with Crippen molar-refractivity contribution in [1.82, 2.24) is 0 Å². The van der Waals surface area contributed by atoms with Crippen molar-refractivity contribution >= 4 is 18.5 Å². The molecule has 0 saturated heterocycles. The fourth-order valence-electron chi connectivity index (χ4n) is 0.948. The van der Waals surface area contributed by atoms with E-state index >= 15 is 0 Å². The van der Waals surface area contributed by atoms with Crippen LogP contribution in [0.3, 0.4) is 0 Å². The molecule has 0 aliphatic heterocycles. The lowest BCUT2D eigenvalue weighted by Crippen LogP contribution is -1.90. The summed E-state index contributed by atoms with van der Waals surface area (Å²) < 4.78 is 4.47. The molecule has 1 aromatic rings. The molecule has 78 valence electrons. The van der Waals surface area contributed by atoms with Gasteiger partial charge in [-0.15, -0.1) is 0 Å². The number of ether oxygens (including phenoxy) is 1. The minimum absolute atomic E-state index is 0.0162. The molecule has 1 rings (SSSR count). The minimum atomic E-state index is -1.08. The summed E-state index contributed by atoms with van der Waals surface area (Å²) in [6.45, 7) is 0.180. The number of hydrogen-bond donors (Lipinski definition) is 2. The second kappa shape index (κ2) is 4.80. The van der Waals surface area contributed by atoms with Crippen molar-refractivity contribution in [2.75, 3.05) is 0 Å². The second-order valence-corrected chi connectivity index (χ2v) is 2.61.